The van der Waals surface area contributed by atoms with Crippen LogP contribution in [0.25, 0.3) is 0 Å². The Labute approximate surface area is 113 Å². The van der Waals surface area contributed by atoms with Crippen molar-refractivity contribution in [2.75, 3.05) is 23.8 Å². The van der Waals surface area contributed by atoms with Gasteiger partial charge in [0.15, 0.2) is 0 Å². The highest BCUT2D eigenvalue weighted by Crippen LogP contribution is 2.32. The van der Waals surface area contributed by atoms with E-state index in [0.29, 0.717) is 6.04 Å². The van der Waals surface area contributed by atoms with Gasteiger partial charge in [0, 0.05) is 43.1 Å². The molecular weight excluding hydrogens is 242 g/mol. The smallest absolute Gasteiger partial charge is 0.273 e. The second-order valence-corrected chi connectivity index (χ2v) is 5.42. The van der Waals surface area contributed by atoms with Gasteiger partial charge in [0.2, 0.25) is 0 Å². The number of nitrogens with zero attached hydrogens (tertiary/aromatic N) is 2. The fourth-order valence-corrected chi connectivity index (χ4v) is 2.80. The van der Waals surface area contributed by atoms with Crippen molar-refractivity contribution in [3.8, 4) is 0 Å². The molecule has 19 heavy (non-hydrogen) atoms. The van der Waals surface area contributed by atoms with E-state index in [0.717, 1.165) is 36.7 Å². The zero-order valence-electron chi connectivity index (χ0n) is 11.7. The van der Waals surface area contributed by atoms with Crippen LogP contribution in [0.15, 0.2) is 18.2 Å². The van der Waals surface area contributed by atoms with E-state index in [-0.39, 0.29) is 10.6 Å². The molecule has 2 unspecified atom stereocenters. The predicted molar refractivity (Wildman–Crippen MR) is 77.8 cm³/mol. The molecule has 1 saturated heterocycles. The summed E-state index contributed by atoms with van der Waals surface area (Å²) in [6.45, 7) is 5.42. The topological polar surface area (TPSA) is 58.4 Å². The van der Waals surface area contributed by atoms with Crippen LogP contribution in [0.3, 0.4) is 0 Å². The molecule has 0 aromatic heterocycles. The summed E-state index contributed by atoms with van der Waals surface area (Å²) in [7, 11) is 1.78. The van der Waals surface area contributed by atoms with Gasteiger partial charge >= 0.3 is 0 Å². The van der Waals surface area contributed by atoms with Crippen LogP contribution in [0.4, 0.5) is 17.1 Å². The molecule has 1 aliphatic rings. The maximum Gasteiger partial charge on any atom is 0.273 e. The van der Waals surface area contributed by atoms with Gasteiger partial charge in [-0.2, -0.15) is 0 Å². The van der Waals surface area contributed by atoms with Crippen LogP contribution < -0.4 is 10.2 Å². The quantitative estimate of drug-likeness (QED) is 0.671. The third-order valence-corrected chi connectivity index (χ3v) is 3.87. The van der Waals surface area contributed by atoms with Crippen molar-refractivity contribution in [1.82, 2.24) is 0 Å². The molecule has 0 saturated carbocycles. The summed E-state index contributed by atoms with van der Waals surface area (Å²) in [5, 5.41) is 14.0. The van der Waals surface area contributed by atoms with Crippen LogP contribution in [0, 0.1) is 16.0 Å². The van der Waals surface area contributed by atoms with Crippen molar-refractivity contribution in [3.63, 3.8) is 0 Å². The Balaban J connectivity index is 2.33. The van der Waals surface area contributed by atoms with Gasteiger partial charge in [0.05, 0.1) is 4.92 Å². The molecule has 1 N–H and O–H groups in total. The summed E-state index contributed by atoms with van der Waals surface area (Å²) in [6, 6.07) is 5.66. The molecule has 0 radical (unpaired) electrons. The summed E-state index contributed by atoms with van der Waals surface area (Å²) in [4.78, 5) is 12.9. The molecule has 1 aromatic rings. The maximum atomic E-state index is 11.0. The normalized spacial score (nSPS) is 23.2. The SMILES string of the molecule is CNc1cc(N2CCC(C)CC2C)cc([N+](=O)[O-])c1. The number of benzene rings is 1. The van der Waals surface area contributed by atoms with Crippen LogP contribution in [-0.2, 0) is 0 Å². The summed E-state index contributed by atoms with van der Waals surface area (Å²) in [6.07, 6.45) is 2.28. The second kappa shape index (κ2) is 5.47. The maximum absolute atomic E-state index is 11.0. The lowest BCUT2D eigenvalue weighted by Gasteiger charge is -2.38. The first-order valence-corrected chi connectivity index (χ1v) is 6.75. The first kappa shape index (κ1) is 13.6. The standard InChI is InChI=1S/C14H21N3O2/c1-10-4-5-16(11(2)6-10)13-7-12(15-3)8-14(9-13)17(18)19/h7-11,15H,4-6H2,1-3H3. The van der Waals surface area contributed by atoms with Gasteiger partial charge < -0.3 is 10.2 Å². The fourth-order valence-electron chi connectivity index (χ4n) is 2.80. The number of nitro groups is 1. The Kier molecular flexibility index (Phi) is 3.93. The fraction of sp³-hybridized carbons (Fsp3) is 0.571. The highest BCUT2D eigenvalue weighted by Gasteiger charge is 2.24. The van der Waals surface area contributed by atoms with Crippen molar-refractivity contribution in [2.24, 2.45) is 5.92 Å². The lowest BCUT2D eigenvalue weighted by Crippen LogP contribution is -2.40. The molecule has 1 aliphatic heterocycles. The first-order valence-electron chi connectivity index (χ1n) is 6.75. The number of nitro benzene ring substituents is 1. The van der Waals surface area contributed by atoms with E-state index in [2.05, 4.69) is 24.1 Å². The molecule has 1 heterocycles. The lowest BCUT2D eigenvalue weighted by atomic mass is 9.93. The molecule has 0 bridgehead atoms. The van der Waals surface area contributed by atoms with Crippen LogP contribution >= 0.6 is 0 Å². The van der Waals surface area contributed by atoms with E-state index < -0.39 is 0 Å². The second-order valence-electron chi connectivity index (χ2n) is 5.42. The molecule has 0 spiro atoms. The minimum absolute atomic E-state index is 0.146. The number of non-ortho nitro benzene ring substituents is 1. The van der Waals surface area contributed by atoms with E-state index in [1.807, 2.05) is 6.07 Å². The highest BCUT2D eigenvalue weighted by atomic mass is 16.6. The summed E-state index contributed by atoms with van der Waals surface area (Å²) >= 11 is 0. The molecule has 2 atom stereocenters. The lowest BCUT2D eigenvalue weighted by molar-refractivity contribution is -0.384. The van der Waals surface area contributed by atoms with Gasteiger partial charge in [-0.05, 0) is 31.7 Å². The van der Waals surface area contributed by atoms with Crippen LogP contribution in [-0.4, -0.2) is 24.6 Å². The van der Waals surface area contributed by atoms with E-state index >= 15 is 0 Å². The molecular formula is C14H21N3O2. The van der Waals surface area contributed by atoms with E-state index in [1.54, 1.807) is 19.2 Å². The van der Waals surface area contributed by atoms with Crippen molar-refractivity contribution in [3.05, 3.63) is 28.3 Å². The highest BCUT2D eigenvalue weighted by molar-refractivity contribution is 5.64. The third kappa shape index (κ3) is 2.97. The average Bonchev–Trinajstić information content (AvgIpc) is 2.38. The largest absolute Gasteiger partial charge is 0.388 e. The number of anilines is 2. The third-order valence-electron chi connectivity index (χ3n) is 3.87. The van der Waals surface area contributed by atoms with E-state index in [4.69, 9.17) is 0 Å². The van der Waals surface area contributed by atoms with E-state index in [9.17, 15) is 10.1 Å². The number of hydrogen-bond donors (Lipinski definition) is 1. The van der Waals surface area contributed by atoms with Crippen molar-refractivity contribution < 1.29 is 4.92 Å². The van der Waals surface area contributed by atoms with Crippen molar-refractivity contribution in [2.45, 2.75) is 32.7 Å². The predicted octanol–water partition coefficient (Wildman–Crippen LogP) is 3.26. The molecule has 1 aromatic carbocycles. The average molecular weight is 263 g/mol. The summed E-state index contributed by atoms with van der Waals surface area (Å²) in [5.41, 5.74) is 1.88. The zero-order chi connectivity index (χ0) is 14.0. The number of rotatable bonds is 3. The number of hydrogen-bond acceptors (Lipinski definition) is 4. The van der Waals surface area contributed by atoms with Crippen molar-refractivity contribution in [1.29, 1.82) is 0 Å². The minimum atomic E-state index is -0.332. The molecule has 5 heteroatoms. The van der Waals surface area contributed by atoms with Gasteiger partial charge in [0.25, 0.3) is 5.69 Å². The van der Waals surface area contributed by atoms with Crippen molar-refractivity contribution >= 4 is 17.1 Å². The van der Waals surface area contributed by atoms with Crippen LogP contribution in [0.1, 0.15) is 26.7 Å². The molecule has 104 valence electrons. The monoisotopic (exact) mass is 263 g/mol. The van der Waals surface area contributed by atoms with Gasteiger partial charge in [-0.1, -0.05) is 6.92 Å². The first-order chi connectivity index (χ1) is 9.01. The Morgan fingerprint density at radius 2 is 2.11 bits per heavy atom. The van der Waals surface area contributed by atoms with E-state index in [1.165, 1.54) is 0 Å². The van der Waals surface area contributed by atoms with Crippen LogP contribution in [0.5, 0.6) is 0 Å². The van der Waals surface area contributed by atoms with Gasteiger partial charge in [-0.15, -0.1) is 0 Å². The minimum Gasteiger partial charge on any atom is -0.388 e. The molecule has 0 amide bonds. The Bertz CT molecular complexity index is 476. The molecule has 1 fully saturated rings. The van der Waals surface area contributed by atoms with Gasteiger partial charge in [-0.25, -0.2) is 0 Å². The number of piperidine rings is 1. The Morgan fingerprint density at radius 1 is 1.37 bits per heavy atom. The summed E-state index contributed by atoms with van der Waals surface area (Å²) < 4.78 is 0. The molecule has 0 aliphatic carbocycles. The summed E-state index contributed by atoms with van der Waals surface area (Å²) in [5.74, 6) is 0.730. The van der Waals surface area contributed by atoms with Gasteiger partial charge in [0.1, 0.15) is 0 Å². The molecule has 5 nitrogen and oxygen atoms in total. The number of nitrogens with one attached hydrogen (secondary N) is 1. The molecule has 2 rings (SSSR count). The Hall–Kier alpha value is -1.78. The van der Waals surface area contributed by atoms with Gasteiger partial charge in [-0.3, -0.25) is 10.1 Å². The zero-order valence-corrected chi connectivity index (χ0v) is 11.7. The Morgan fingerprint density at radius 3 is 2.68 bits per heavy atom. The van der Waals surface area contributed by atoms with Crippen LogP contribution in [0.2, 0.25) is 0 Å².